The second-order valence-electron chi connectivity index (χ2n) is 13.5. The first-order chi connectivity index (χ1) is 24.2. The van der Waals surface area contributed by atoms with Crippen LogP contribution in [-0.2, 0) is 42.9 Å². The molecule has 12 nitrogen and oxygen atoms in total. The van der Waals surface area contributed by atoms with Gasteiger partial charge >= 0.3 is 13.9 Å². The van der Waals surface area contributed by atoms with Gasteiger partial charge in [-0.25, -0.2) is 9.36 Å². The summed E-state index contributed by atoms with van der Waals surface area (Å²) in [5.41, 5.74) is 11.4. The Morgan fingerprint density at radius 2 is 1.49 bits per heavy atom. The molecule has 266 valence electrons. The van der Waals surface area contributed by atoms with E-state index in [1.54, 1.807) is 36.4 Å². The zero-order chi connectivity index (χ0) is 36.3. The van der Waals surface area contributed by atoms with Crippen LogP contribution in [0, 0.1) is 0 Å². The van der Waals surface area contributed by atoms with Crippen LogP contribution in [0.4, 0.5) is 4.79 Å². The Kier molecular flexibility index (Phi) is 10.2. The van der Waals surface area contributed by atoms with Crippen molar-refractivity contribution in [3.05, 3.63) is 119 Å². The van der Waals surface area contributed by atoms with Crippen LogP contribution in [0.15, 0.2) is 91.0 Å². The molecule has 1 unspecified atom stereocenters. The van der Waals surface area contributed by atoms with E-state index in [0.717, 1.165) is 27.8 Å². The third-order valence-corrected chi connectivity index (χ3v) is 9.44. The fraction of sp³-hybridized carbons (Fsp3) is 0.289. The number of alkyl carbamates (subject to hydrolysis) is 1. The number of phosphoric acid groups is 1. The first-order valence-corrected chi connectivity index (χ1v) is 18.0. The van der Waals surface area contributed by atoms with Crippen LogP contribution < -0.4 is 25.6 Å². The number of hydrogen-bond acceptors (Lipinski definition) is 8. The largest absolute Gasteiger partial charge is 0.527 e. The number of benzene rings is 4. The lowest BCUT2D eigenvalue weighted by Gasteiger charge is -2.24. The third-order valence-electron chi connectivity index (χ3n) is 8.56. The van der Waals surface area contributed by atoms with Crippen molar-refractivity contribution in [2.75, 3.05) is 6.61 Å². The van der Waals surface area contributed by atoms with E-state index < -0.39 is 37.8 Å². The maximum absolute atomic E-state index is 13.8. The topological polar surface area (TPSA) is 176 Å². The van der Waals surface area contributed by atoms with Gasteiger partial charge in [-0.1, -0.05) is 66.7 Å². The van der Waals surface area contributed by atoms with Crippen LogP contribution in [0.1, 0.15) is 54.5 Å². The van der Waals surface area contributed by atoms with E-state index in [9.17, 15) is 23.8 Å². The summed E-state index contributed by atoms with van der Waals surface area (Å²) in [5.74, 6) is -0.784. The number of phosphoric ester groups is 1. The maximum atomic E-state index is 13.8. The molecule has 0 bridgehead atoms. The standard InChI is InChI=1S/C38H40N3O9P/c1-38(2,3)49-26-15-12-23(13-16-26)19-32(35(39)42)40-36(43)33(20-24-14-17-34-25(18-24)21-48-51(45,46)50-34)41-37(44)47-22-31-29-10-6-4-8-27(29)28-9-5-7-11-30(28)31/h4-18,31-33H,19-22H2,1-3H3,(H2,39,42)(H,40,43)(H,41,44)(H,45,46)/t32-,33-/m0/s1. The average Bonchev–Trinajstić information content (AvgIpc) is 3.40. The van der Waals surface area contributed by atoms with Crippen molar-refractivity contribution < 1.29 is 42.4 Å². The number of nitrogens with two attached hydrogens (primary N) is 1. The number of primary amides is 1. The maximum Gasteiger partial charge on any atom is 0.527 e. The zero-order valence-corrected chi connectivity index (χ0v) is 29.4. The van der Waals surface area contributed by atoms with Gasteiger partial charge in [0.25, 0.3) is 0 Å². The summed E-state index contributed by atoms with van der Waals surface area (Å²) in [5, 5.41) is 5.38. The van der Waals surface area contributed by atoms with Gasteiger partial charge < -0.3 is 30.4 Å². The van der Waals surface area contributed by atoms with Crippen molar-refractivity contribution in [1.29, 1.82) is 0 Å². The Morgan fingerprint density at radius 3 is 2.12 bits per heavy atom. The molecule has 0 aromatic heterocycles. The van der Waals surface area contributed by atoms with Crippen LogP contribution in [-0.4, -0.2) is 47.1 Å². The van der Waals surface area contributed by atoms with E-state index in [1.165, 1.54) is 6.07 Å². The van der Waals surface area contributed by atoms with Crippen LogP contribution in [0.3, 0.4) is 0 Å². The third kappa shape index (κ3) is 8.78. The Morgan fingerprint density at radius 1 is 0.882 bits per heavy atom. The highest BCUT2D eigenvalue weighted by Gasteiger charge is 2.33. The summed E-state index contributed by atoms with van der Waals surface area (Å²) < 4.78 is 33.5. The SMILES string of the molecule is CC(C)(C)Oc1ccc(C[C@H](NC(=O)[C@H](Cc2ccc3c(c2)COP(=O)(O)O3)NC(=O)OCC2c3ccccc3-c3ccccc32)C(N)=O)cc1. The number of carbonyl (C=O) groups excluding carboxylic acids is 3. The lowest BCUT2D eigenvalue weighted by molar-refractivity contribution is -0.128. The highest BCUT2D eigenvalue weighted by atomic mass is 31.2. The zero-order valence-electron chi connectivity index (χ0n) is 28.5. The number of rotatable bonds is 11. The fourth-order valence-corrected chi connectivity index (χ4v) is 7.05. The van der Waals surface area contributed by atoms with Crippen molar-refractivity contribution in [2.24, 2.45) is 5.73 Å². The highest BCUT2D eigenvalue weighted by molar-refractivity contribution is 7.47. The second-order valence-corrected chi connectivity index (χ2v) is 14.9. The molecule has 0 radical (unpaired) electrons. The van der Waals surface area contributed by atoms with E-state index in [2.05, 4.69) is 10.6 Å². The molecule has 6 rings (SSSR count). The lowest BCUT2D eigenvalue weighted by Crippen LogP contribution is -2.54. The first-order valence-electron chi connectivity index (χ1n) is 16.5. The molecule has 4 aromatic carbocycles. The molecule has 0 saturated carbocycles. The van der Waals surface area contributed by atoms with Gasteiger partial charge in [0.15, 0.2) is 0 Å². The molecule has 4 aromatic rings. The summed E-state index contributed by atoms with van der Waals surface area (Å²) in [4.78, 5) is 49.4. The molecule has 0 spiro atoms. The van der Waals surface area contributed by atoms with E-state index in [0.29, 0.717) is 16.9 Å². The van der Waals surface area contributed by atoms with Crippen LogP contribution in [0.2, 0.25) is 0 Å². The molecule has 1 aliphatic heterocycles. The second kappa shape index (κ2) is 14.6. The summed E-state index contributed by atoms with van der Waals surface area (Å²) in [6.07, 6.45) is -0.749. The van der Waals surface area contributed by atoms with Crippen LogP contribution in [0.25, 0.3) is 11.1 Å². The van der Waals surface area contributed by atoms with Crippen molar-refractivity contribution in [1.82, 2.24) is 10.6 Å². The molecule has 13 heteroatoms. The Balaban J connectivity index is 1.18. The quantitative estimate of drug-likeness (QED) is 0.146. The predicted octanol–water partition coefficient (Wildman–Crippen LogP) is 5.54. The fourth-order valence-electron chi connectivity index (χ4n) is 6.27. The molecule has 5 N–H and O–H groups in total. The Hall–Kier alpha value is -5.16. The number of hydrogen-bond donors (Lipinski definition) is 4. The Bertz CT molecular complexity index is 1950. The minimum atomic E-state index is -4.21. The highest BCUT2D eigenvalue weighted by Crippen LogP contribution is 2.50. The predicted molar refractivity (Wildman–Crippen MR) is 189 cm³/mol. The van der Waals surface area contributed by atoms with Gasteiger partial charge in [0, 0.05) is 24.3 Å². The first kappa shape index (κ1) is 35.7. The molecular weight excluding hydrogens is 673 g/mol. The summed E-state index contributed by atoms with van der Waals surface area (Å²) in [6.45, 7) is 5.65. The molecular formula is C38H40N3O9P. The van der Waals surface area contributed by atoms with E-state index >= 15 is 0 Å². The summed E-state index contributed by atoms with van der Waals surface area (Å²) in [6, 6.07) is 25.5. The van der Waals surface area contributed by atoms with Gasteiger partial charge in [0.05, 0.1) is 6.61 Å². The molecule has 2 aliphatic rings. The van der Waals surface area contributed by atoms with Crippen molar-refractivity contribution >= 4 is 25.7 Å². The number of carbonyl (C=O) groups is 3. The number of nitrogens with one attached hydrogen (secondary N) is 2. The van der Waals surface area contributed by atoms with E-state index in [1.807, 2.05) is 69.3 Å². The van der Waals surface area contributed by atoms with Gasteiger partial charge in [-0.3, -0.25) is 19.0 Å². The van der Waals surface area contributed by atoms with Gasteiger partial charge in [0.2, 0.25) is 11.8 Å². The normalized spacial score (nSPS) is 17.5. The molecule has 51 heavy (non-hydrogen) atoms. The van der Waals surface area contributed by atoms with Crippen molar-refractivity contribution in [3.63, 3.8) is 0 Å². The van der Waals surface area contributed by atoms with E-state index in [4.69, 9.17) is 24.3 Å². The lowest BCUT2D eigenvalue weighted by atomic mass is 9.98. The van der Waals surface area contributed by atoms with Crippen molar-refractivity contribution in [3.8, 4) is 22.6 Å². The van der Waals surface area contributed by atoms with Gasteiger partial charge in [-0.2, -0.15) is 0 Å². The number of amides is 3. The molecule has 3 atom stereocenters. The Labute approximate surface area is 295 Å². The monoisotopic (exact) mass is 713 g/mol. The molecule has 0 fully saturated rings. The molecule has 1 aliphatic carbocycles. The minimum absolute atomic E-state index is 0.0234. The van der Waals surface area contributed by atoms with E-state index in [-0.39, 0.29) is 43.3 Å². The smallest absolute Gasteiger partial charge is 0.488 e. The van der Waals surface area contributed by atoms with Crippen LogP contribution in [0.5, 0.6) is 11.5 Å². The molecule has 3 amide bonds. The molecule has 0 saturated heterocycles. The summed E-state index contributed by atoms with van der Waals surface area (Å²) >= 11 is 0. The average molecular weight is 714 g/mol. The summed E-state index contributed by atoms with van der Waals surface area (Å²) in [7, 11) is -4.21. The number of fused-ring (bicyclic) bond motifs is 4. The minimum Gasteiger partial charge on any atom is -0.488 e. The number of ether oxygens (including phenoxy) is 2. The van der Waals surface area contributed by atoms with Crippen LogP contribution >= 0.6 is 7.82 Å². The van der Waals surface area contributed by atoms with Gasteiger partial charge in [-0.05, 0) is 78.4 Å². The van der Waals surface area contributed by atoms with Crippen molar-refractivity contribution in [2.45, 2.75) is 63.8 Å². The van der Waals surface area contributed by atoms with Gasteiger partial charge in [-0.15, -0.1) is 0 Å². The molecule has 1 heterocycles. The van der Waals surface area contributed by atoms with Gasteiger partial charge in [0.1, 0.15) is 35.8 Å².